The molecule has 1 aliphatic rings. The Morgan fingerprint density at radius 3 is 2.22 bits per heavy atom. The molecular weight excluding hydrogens is 121 g/mol. The first-order valence-electron chi connectivity index (χ1n) is 3.35. The molecule has 3 heteroatoms. The Bertz CT molecular complexity index is 64.1. The van der Waals surface area contributed by atoms with Crippen molar-refractivity contribution >= 4 is 0 Å². The summed E-state index contributed by atoms with van der Waals surface area (Å²) in [5.41, 5.74) is 0. The number of halogens is 1. The third-order valence-corrected chi connectivity index (χ3v) is 1.70. The average Bonchev–Trinajstić information content (AvgIpc) is 1.90. The Morgan fingerprint density at radius 1 is 1.33 bits per heavy atom. The number of rotatable bonds is 1. The maximum absolute atomic E-state index is 5.18. The van der Waals surface area contributed by atoms with Crippen LogP contribution in [0.1, 0.15) is 6.92 Å². The third-order valence-electron chi connectivity index (χ3n) is 1.70. The molecule has 0 aromatic carbocycles. The van der Waals surface area contributed by atoms with E-state index in [9.17, 15) is 0 Å². The van der Waals surface area contributed by atoms with Gasteiger partial charge in [-0.15, -0.1) is 0 Å². The van der Waals surface area contributed by atoms with Gasteiger partial charge >= 0.3 is 0 Å². The predicted octanol–water partition coefficient (Wildman–Crippen LogP) is -4.07. The van der Waals surface area contributed by atoms with E-state index in [0.29, 0.717) is 0 Å². The summed E-state index contributed by atoms with van der Waals surface area (Å²) in [4.78, 5) is 1.68. The van der Waals surface area contributed by atoms with Crippen LogP contribution in [0.15, 0.2) is 0 Å². The van der Waals surface area contributed by atoms with E-state index < -0.39 is 0 Å². The van der Waals surface area contributed by atoms with Gasteiger partial charge in [0.25, 0.3) is 0 Å². The monoisotopic (exact) mass is 135 g/mol. The van der Waals surface area contributed by atoms with Crippen LogP contribution in [0, 0.1) is 0 Å². The maximum Gasteiger partial charge on any atom is 0.101 e. The zero-order chi connectivity index (χ0) is 5.82. The van der Waals surface area contributed by atoms with Crippen molar-refractivity contribution in [2.45, 2.75) is 6.92 Å². The molecule has 0 aromatic rings. The van der Waals surface area contributed by atoms with Crippen LogP contribution in [0.25, 0.3) is 0 Å². The van der Waals surface area contributed by atoms with Crippen LogP contribution in [-0.2, 0) is 4.74 Å². The molecule has 1 aliphatic heterocycles. The van der Waals surface area contributed by atoms with Crippen molar-refractivity contribution in [2.24, 2.45) is 0 Å². The van der Waals surface area contributed by atoms with Crippen molar-refractivity contribution < 1.29 is 14.3 Å². The first kappa shape index (κ1) is 8.85. The van der Waals surface area contributed by atoms with Crippen molar-refractivity contribution in [1.29, 1.82) is 0 Å². The molecule has 0 spiro atoms. The van der Waals surface area contributed by atoms with E-state index in [4.69, 9.17) is 4.74 Å². The third kappa shape index (κ3) is 2.77. The quantitative estimate of drug-likeness (QED) is 0.386. The zero-order valence-corrected chi connectivity index (χ0v) is 5.82. The molecular formula is C6H14FNO. The topological polar surface area (TPSA) is 13.7 Å². The SMILES string of the molecule is CC[NH+]1CCOCC1.[F-]. The van der Waals surface area contributed by atoms with Crippen molar-refractivity contribution in [2.75, 3.05) is 32.8 Å². The fraction of sp³-hybridized carbons (Fsp3) is 1.00. The van der Waals surface area contributed by atoms with E-state index >= 15 is 0 Å². The molecule has 1 fully saturated rings. The Labute approximate surface area is 55.2 Å². The minimum absolute atomic E-state index is 0. The largest absolute Gasteiger partial charge is 1.00 e. The van der Waals surface area contributed by atoms with Crippen molar-refractivity contribution in [3.63, 3.8) is 0 Å². The van der Waals surface area contributed by atoms with E-state index in [0.717, 1.165) is 13.2 Å². The summed E-state index contributed by atoms with van der Waals surface area (Å²) in [7, 11) is 0. The number of ether oxygens (including phenoxy) is 1. The van der Waals surface area contributed by atoms with Gasteiger partial charge in [-0.05, 0) is 6.92 Å². The number of likely N-dealkylation sites (N-methyl/N-ethyl adjacent to an activating group) is 1. The highest BCUT2D eigenvalue weighted by Gasteiger charge is 2.09. The van der Waals surface area contributed by atoms with Crippen LogP contribution in [0.4, 0.5) is 0 Å². The normalized spacial score (nSPS) is 21.0. The van der Waals surface area contributed by atoms with Crippen molar-refractivity contribution in [3.8, 4) is 0 Å². The predicted molar refractivity (Wildman–Crippen MR) is 32.1 cm³/mol. The van der Waals surface area contributed by atoms with Gasteiger partial charge in [-0.2, -0.15) is 0 Å². The smallest absolute Gasteiger partial charge is 0.101 e. The minimum Gasteiger partial charge on any atom is -1.00 e. The molecule has 0 aromatic heterocycles. The second-order valence-electron chi connectivity index (χ2n) is 2.22. The van der Waals surface area contributed by atoms with Gasteiger partial charge in [-0.3, -0.25) is 0 Å². The molecule has 56 valence electrons. The van der Waals surface area contributed by atoms with Gasteiger partial charge in [-0.1, -0.05) is 0 Å². The number of quaternary nitrogens is 1. The minimum atomic E-state index is 0. The molecule has 1 rings (SSSR count). The van der Waals surface area contributed by atoms with E-state index in [1.54, 1.807) is 4.90 Å². The molecule has 9 heavy (non-hydrogen) atoms. The molecule has 0 saturated carbocycles. The van der Waals surface area contributed by atoms with Gasteiger partial charge in [-0.25, -0.2) is 0 Å². The Hall–Kier alpha value is -0.150. The Kier molecular flexibility index (Phi) is 4.62. The Balaban J connectivity index is 0.000000640. The molecule has 2 nitrogen and oxygen atoms in total. The highest BCUT2D eigenvalue weighted by atomic mass is 19.0. The van der Waals surface area contributed by atoms with Crippen LogP contribution in [-0.4, -0.2) is 32.8 Å². The second-order valence-corrected chi connectivity index (χ2v) is 2.22. The van der Waals surface area contributed by atoms with Crippen LogP contribution in [0.5, 0.6) is 0 Å². The lowest BCUT2D eigenvalue weighted by Gasteiger charge is -2.21. The molecule has 0 amide bonds. The molecule has 1 N–H and O–H groups in total. The number of hydrogen-bond donors (Lipinski definition) is 1. The molecule has 0 bridgehead atoms. The number of hydrogen-bond acceptors (Lipinski definition) is 1. The standard InChI is InChI=1S/C6H13NO.FH/c1-2-7-3-5-8-6-4-7;/h2-6H2,1H3;1H. The molecule has 1 heterocycles. The average molecular weight is 135 g/mol. The number of nitrogens with one attached hydrogen (secondary N) is 1. The van der Waals surface area contributed by atoms with Crippen LogP contribution in [0.2, 0.25) is 0 Å². The van der Waals surface area contributed by atoms with Crippen LogP contribution < -0.4 is 9.60 Å². The number of morpholine rings is 1. The lowest BCUT2D eigenvalue weighted by molar-refractivity contribution is -0.906. The van der Waals surface area contributed by atoms with Gasteiger partial charge in [0.15, 0.2) is 0 Å². The van der Waals surface area contributed by atoms with Gasteiger partial charge in [0.1, 0.15) is 13.1 Å². The first-order chi connectivity index (χ1) is 3.93. The first-order valence-corrected chi connectivity index (χ1v) is 3.35. The van der Waals surface area contributed by atoms with Gasteiger partial charge in [0, 0.05) is 0 Å². The maximum atomic E-state index is 5.18. The lowest BCUT2D eigenvalue weighted by Crippen LogP contribution is -3.13. The van der Waals surface area contributed by atoms with Crippen LogP contribution >= 0.6 is 0 Å². The summed E-state index contributed by atoms with van der Waals surface area (Å²) < 4.78 is 5.18. The zero-order valence-electron chi connectivity index (χ0n) is 5.82. The van der Waals surface area contributed by atoms with Gasteiger partial charge in [0.2, 0.25) is 0 Å². The summed E-state index contributed by atoms with van der Waals surface area (Å²) in [6, 6.07) is 0. The molecule has 0 atom stereocenters. The molecule has 1 saturated heterocycles. The van der Waals surface area contributed by atoms with E-state index in [-0.39, 0.29) is 4.70 Å². The highest BCUT2D eigenvalue weighted by Crippen LogP contribution is 1.73. The van der Waals surface area contributed by atoms with Crippen molar-refractivity contribution in [3.05, 3.63) is 0 Å². The Morgan fingerprint density at radius 2 is 1.89 bits per heavy atom. The summed E-state index contributed by atoms with van der Waals surface area (Å²) in [6.07, 6.45) is 0. The summed E-state index contributed by atoms with van der Waals surface area (Å²) >= 11 is 0. The second kappa shape index (κ2) is 4.70. The molecule has 0 unspecified atom stereocenters. The van der Waals surface area contributed by atoms with Gasteiger partial charge < -0.3 is 14.3 Å². The van der Waals surface area contributed by atoms with Gasteiger partial charge in [0.05, 0.1) is 19.8 Å². The van der Waals surface area contributed by atoms with E-state index in [1.165, 1.54) is 19.6 Å². The van der Waals surface area contributed by atoms with E-state index in [2.05, 4.69) is 6.92 Å². The summed E-state index contributed by atoms with van der Waals surface area (Å²) in [5.74, 6) is 0. The van der Waals surface area contributed by atoms with Crippen LogP contribution in [0.3, 0.4) is 0 Å². The highest BCUT2D eigenvalue weighted by molar-refractivity contribution is 4.36. The molecule has 0 radical (unpaired) electrons. The van der Waals surface area contributed by atoms with Crippen molar-refractivity contribution in [1.82, 2.24) is 0 Å². The lowest BCUT2D eigenvalue weighted by atomic mass is 10.4. The summed E-state index contributed by atoms with van der Waals surface area (Å²) in [6.45, 7) is 7.81. The fourth-order valence-electron chi connectivity index (χ4n) is 1.01. The summed E-state index contributed by atoms with van der Waals surface area (Å²) in [5, 5.41) is 0. The fourth-order valence-corrected chi connectivity index (χ4v) is 1.01. The molecule has 0 aliphatic carbocycles. The van der Waals surface area contributed by atoms with E-state index in [1.807, 2.05) is 0 Å².